The number of hydrogen-bond donors (Lipinski definition) is 1. The van der Waals surface area contributed by atoms with Crippen LogP contribution < -0.4 is 0 Å². The van der Waals surface area contributed by atoms with Gasteiger partial charge in [0.05, 0.1) is 28.0 Å². The Morgan fingerprint density at radius 1 is 0.610 bits per heavy atom. The molecule has 0 fully saturated rings. The van der Waals surface area contributed by atoms with Crippen LogP contribution in [0.25, 0.3) is 22.3 Å². The first-order chi connectivity index (χ1) is 19.1. The Balaban J connectivity index is 0.000000226. The molecule has 0 amide bonds. The molecule has 0 aromatic heterocycles. The van der Waals surface area contributed by atoms with E-state index in [9.17, 15) is 26.4 Å². The number of rotatable bonds is 6. The number of carboxylic acid groups (broad SMARTS) is 1. The SMILES string of the molecule is COC(=O)c1ccc(-c2ccccc2C)c(S(C)(=O)=O)c1.Cc1ccccc1-c1ccc(C(=O)O)cc1S(C)(=O)=O. The van der Waals surface area contributed by atoms with E-state index in [1.807, 2.05) is 62.4 Å². The molecule has 0 unspecified atom stereocenters. The first-order valence-electron chi connectivity index (χ1n) is 12.3. The number of benzene rings is 4. The van der Waals surface area contributed by atoms with Gasteiger partial charge in [-0.2, -0.15) is 0 Å². The molecular formula is C31H30O8S2. The van der Waals surface area contributed by atoms with Gasteiger partial charge in [0.15, 0.2) is 19.7 Å². The zero-order chi connectivity index (χ0) is 30.5. The summed E-state index contributed by atoms with van der Waals surface area (Å²) in [6.07, 6.45) is 2.21. The zero-order valence-electron chi connectivity index (χ0n) is 23.2. The first-order valence-corrected chi connectivity index (χ1v) is 16.0. The molecule has 41 heavy (non-hydrogen) atoms. The number of carbonyl (C=O) groups is 2. The van der Waals surface area contributed by atoms with Crippen LogP contribution in [0.5, 0.6) is 0 Å². The van der Waals surface area contributed by atoms with Crippen molar-refractivity contribution in [3.8, 4) is 22.3 Å². The molecule has 10 heteroatoms. The number of methoxy groups -OCH3 is 1. The maximum Gasteiger partial charge on any atom is 0.337 e. The molecule has 4 aromatic rings. The average molecular weight is 595 g/mol. The minimum absolute atomic E-state index is 0.0340. The molecule has 4 aromatic carbocycles. The van der Waals surface area contributed by atoms with Gasteiger partial charge in [-0.1, -0.05) is 60.7 Å². The Bertz CT molecular complexity index is 1840. The number of sulfone groups is 2. The third kappa shape index (κ3) is 7.47. The van der Waals surface area contributed by atoms with E-state index in [4.69, 9.17) is 5.11 Å². The van der Waals surface area contributed by atoms with Crippen molar-refractivity contribution in [2.24, 2.45) is 0 Å². The molecule has 0 aliphatic rings. The monoisotopic (exact) mass is 594 g/mol. The zero-order valence-corrected chi connectivity index (χ0v) is 24.8. The van der Waals surface area contributed by atoms with E-state index in [2.05, 4.69) is 4.74 Å². The lowest BCUT2D eigenvalue weighted by atomic mass is 9.99. The van der Waals surface area contributed by atoms with Crippen molar-refractivity contribution in [2.45, 2.75) is 23.6 Å². The molecule has 4 rings (SSSR count). The Morgan fingerprint density at radius 2 is 1.00 bits per heavy atom. The second-order valence-corrected chi connectivity index (χ2v) is 13.4. The lowest BCUT2D eigenvalue weighted by molar-refractivity contribution is 0.0599. The Labute approximate surface area is 240 Å². The first kappa shape index (κ1) is 31.3. The molecule has 0 heterocycles. The summed E-state index contributed by atoms with van der Waals surface area (Å²) in [6.45, 7) is 3.79. The molecule has 0 saturated heterocycles. The fraction of sp³-hybridized carbons (Fsp3) is 0.161. The summed E-state index contributed by atoms with van der Waals surface area (Å²) in [5, 5.41) is 9.00. The van der Waals surface area contributed by atoms with Crippen LogP contribution in [0.4, 0.5) is 0 Å². The van der Waals surface area contributed by atoms with E-state index in [1.54, 1.807) is 18.2 Å². The van der Waals surface area contributed by atoms with Gasteiger partial charge < -0.3 is 9.84 Å². The third-order valence-corrected chi connectivity index (χ3v) is 8.57. The van der Waals surface area contributed by atoms with Gasteiger partial charge in [-0.15, -0.1) is 0 Å². The fourth-order valence-corrected chi connectivity index (χ4v) is 6.07. The normalized spacial score (nSPS) is 11.2. The molecule has 214 valence electrons. The minimum Gasteiger partial charge on any atom is -0.478 e. The van der Waals surface area contributed by atoms with Crippen LogP contribution in [-0.2, 0) is 24.4 Å². The molecule has 0 radical (unpaired) electrons. The number of esters is 1. The van der Waals surface area contributed by atoms with Crippen LogP contribution in [0.1, 0.15) is 31.8 Å². The standard InChI is InChI=1S/C16H16O4S.C15H14O4S/c1-11-6-4-5-7-13(11)14-9-8-12(16(17)20-2)10-15(14)21(3,18)19;1-10-5-3-4-6-12(10)13-8-7-11(15(16)17)9-14(13)20(2,18)19/h4-10H,1-3H3;3-9H,1-2H3,(H,16,17). The second kappa shape index (κ2) is 12.5. The van der Waals surface area contributed by atoms with Crippen molar-refractivity contribution in [2.75, 3.05) is 19.6 Å². The lowest BCUT2D eigenvalue weighted by Gasteiger charge is -2.12. The lowest BCUT2D eigenvalue weighted by Crippen LogP contribution is -2.06. The second-order valence-electron chi connectivity index (χ2n) is 9.39. The summed E-state index contributed by atoms with van der Waals surface area (Å²) < 4.78 is 52.6. The fourth-order valence-electron chi connectivity index (χ4n) is 4.23. The van der Waals surface area contributed by atoms with Gasteiger partial charge in [-0.3, -0.25) is 0 Å². The van der Waals surface area contributed by atoms with Crippen LogP contribution in [0.3, 0.4) is 0 Å². The summed E-state index contributed by atoms with van der Waals surface area (Å²) >= 11 is 0. The van der Waals surface area contributed by atoms with Crippen molar-refractivity contribution >= 4 is 31.6 Å². The molecule has 0 spiro atoms. The number of aromatic carboxylic acids is 1. The molecule has 8 nitrogen and oxygen atoms in total. The maximum atomic E-state index is 12.0. The van der Waals surface area contributed by atoms with Gasteiger partial charge in [0.2, 0.25) is 0 Å². The Morgan fingerprint density at radius 3 is 1.37 bits per heavy atom. The van der Waals surface area contributed by atoms with E-state index in [-0.39, 0.29) is 20.9 Å². The van der Waals surface area contributed by atoms with Crippen LogP contribution in [0, 0.1) is 13.8 Å². The predicted octanol–water partition coefficient (Wildman–Crippen LogP) is 5.62. The average Bonchev–Trinajstić information content (AvgIpc) is 2.92. The highest BCUT2D eigenvalue weighted by Crippen LogP contribution is 2.32. The summed E-state index contributed by atoms with van der Waals surface area (Å²) in [6, 6.07) is 23.6. The smallest absolute Gasteiger partial charge is 0.337 e. The topological polar surface area (TPSA) is 132 Å². The Kier molecular flexibility index (Phi) is 9.52. The van der Waals surface area contributed by atoms with E-state index in [1.165, 1.54) is 25.3 Å². The summed E-state index contributed by atoms with van der Waals surface area (Å²) in [5.41, 5.74) is 4.80. The highest BCUT2D eigenvalue weighted by atomic mass is 32.2. The maximum absolute atomic E-state index is 12.0. The summed E-state index contributed by atoms with van der Waals surface area (Å²) in [4.78, 5) is 22.7. The van der Waals surface area contributed by atoms with Crippen molar-refractivity contribution < 1.29 is 36.3 Å². The van der Waals surface area contributed by atoms with E-state index in [0.29, 0.717) is 11.1 Å². The molecule has 0 atom stereocenters. The number of ether oxygens (including phenoxy) is 1. The number of hydrogen-bond acceptors (Lipinski definition) is 7. The van der Waals surface area contributed by atoms with Crippen LogP contribution >= 0.6 is 0 Å². The largest absolute Gasteiger partial charge is 0.478 e. The van der Waals surface area contributed by atoms with E-state index in [0.717, 1.165) is 34.8 Å². The van der Waals surface area contributed by atoms with Crippen LogP contribution in [-0.4, -0.2) is 53.5 Å². The van der Waals surface area contributed by atoms with Gasteiger partial charge >= 0.3 is 11.9 Å². The predicted molar refractivity (Wildman–Crippen MR) is 158 cm³/mol. The highest BCUT2D eigenvalue weighted by Gasteiger charge is 2.20. The number of carbonyl (C=O) groups excluding carboxylic acids is 1. The quantitative estimate of drug-likeness (QED) is 0.285. The van der Waals surface area contributed by atoms with Crippen LogP contribution in [0.15, 0.2) is 94.7 Å². The molecule has 0 bridgehead atoms. The van der Waals surface area contributed by atoms with E-state index >= 15 is 0 Å². The summed E-state index contributed by atoms with van der Waals surface area (Å²) in [7, 11) is -5.73. The molecular weight excluding hydrogens is 564 g/mol. The van der Waals surface area contributed by atoms with Crippen LogP contribution in [0.2, 0.25) is 0 Å². The van der Waals surface area contributed by atoms with Gasteiger partial charge in [0.1, 0.15) is 0 Å². The van der Waals surface area contributed by atoms with Crippen molar-refractivity contribution in [1.82, 2.24) is 0 Å². The number of carboxylic acids is 1. The number of aryl methyl sites for hydroxylation is 2. The molecule has 0 aliphatic heterocycles. The Hall–Kier alpha value is -4.28. The molecule has 0 aliphatic carbocycles. The van der Waals surface area contributed by atoms with Gasteiger partial charge in [0, 0.05) is 23.6 Å². The third-order valence-electron chi connectivity index (χ3n) is 6.30. The van der Waals surface area contributed by atoms with Crippen molar-refractivity contribution in [3.05, 3.63) is 107 Å². The van der Waals surface area contributed by atoms with Crippen molar-refractivity contribution in [1.29, 1.82) is 0 Å². The van der Waals surface area contributed by atoms with Gasteiger partial charge in [-0.25, -0.2) is 26.4 Å². The molecule has 0 saturated carbocycles. The van der Waals surface area contributed by atoms with Gasteiger partial charge in [0.25, 0.3) is 0 Å². The van der Waals surface area contributed by atoms with Crippen molar-refractivity contribution in [3.63, 3.8) is 0 Å². The molecule has 1 N–H and O–H groups in total. The van der Waals surface area contributed by atoms with Gasteiger partial charge in [-0.05, 0) is 60.4 Å². The van der Waals surface area contributed by atoms with E-state index < -0.39 is 31.6 Å². The summed E-state index contributed by atoms with van der Waals surface area (Å²) in [5.74, 6) is -1.71. The highest BCUT2D eigenvalue weighted by molar-refractivity contribution is 7.91. The minimum atomic E-state index is -3.52.